The third-order valence-electron chi connectivity index (χ3n) is 2.29. The summed E-state index contributed by atoms with van der Waals surface area (Å²) in [5, 5.41) is 13.6. The van der Waals surface area contributed by atoms with Gasteiger partial charge < -0.3 is 9.50 Å². The lowest BCUT2D eigenvalue weighted by Crippen LogP contribution is -2.09. The first kappa shape index (κ1) is 17.6. The number of nitrogens with one attached hydrogen (secondary N) is 1. The van der Waals surface area contributed by atoms with E-state index in [1.165, 1.54) is 12.0 Å². The fourth-order valence-corrected chi connectivity index (χ4v) is 1.97. The van der Waals surface area contributed by atoms with Crippen molar-refractivity contribution in [2.45, 2.75) is 38.4 Å². The van der Waals surface area contributed by atoms with E-state index < -0.39 is 10.7 Å². The van der Waals surface area contributed by atoms with E-state index in [9.17, 15) is 14.5 Å². The van der Waals surface area contributed by atoms with Gasteiger partial charge in [-0.05, 0) is 45.7 Å². The summed E-state index contributed by atoms with van der Waals surface area (Å²) in [6, 6.07) is 0.860. The molecule has 0 spiro atoms. The highest BCUT2D eigenvalue weighted by Crippen LogP contribution is 2.24. The van der Waals surface area contributed by atoms with E-state index in [0.29, 0.717) is 13.2 Å². The van der Waals surface area contributed by atoms with Crippen LogP contribution < -0.4 is 5.32 Å². The van der Waals surface area contributed by atoms with Crippen LogP contribution in [0.5, 0.6) is 0 Å². The van der Waals surface area contributed by atoms with E-state index in [0.717, 1.165) is 25.1 Å². The lowest BCUT2D eigenvalue weighted by atomic mass is 10.3. The second-order valence-electron chi connectivity index (χ2n) is 5.43. The number of hydrogen-bond donors (Lipinski definition) is 1. The number of hydrogen-bond acceptors (Lipinski definition) is 6. The Balaban J connectivity index is 2.29. The summed E-state index contributed by atoms with van der Waals surface area (Å²) in [6.07, 6.45) is 2.56. The van der Waals surface area contributed by atoms with Crippen LogP contribution in [-0.2, 0) is 4.18 Å². The molecular weight excluding hydrogens is 297 g/mol. The molecule has 0 aromatic carbocycles. The smallest absolute Gasteiger partial charge is 0.314 e. The Morgan fingerprint density at radius 1 is 1.48 bits per heavy atom. The highest BCUT2D eigenvalue weighted by Gasteiger charge is 2.16. The number of nitrogens with zero attached hydrogens (tertiary/aromatic N) is 2. The zero-order chi connectivity index (χ0) is 15.9. The maximum atomic E-state index is 12.9. The third-order valence-corrected chi connectivity index (χ3v) is 3.07. The molecule has 8 heteroatoms. The number of pyridine rings is 1. The first-order valence-corrected chi connectivity index (χ1v) is 7.38. The molecule has 0 aliphatic rings. The van der Waals surface area contributed by atoms with Gasteiger partial charge in [-0.15, -0.1) is 0 Å². The highest BCUT2D eigenvalue weighted by atomic mass is 32.2. The zero-order valence-electron chi connectivity index (χ0n) is 12.4. The second-order valence-corrected chi connectivity index (χ2v) is 7.06. The second kappa shape index (κ2) is 8.14. The van der Waals surface area contributed by atoms with Crippen LogP contribution in [0, 0.1) is 15.9 Å². The molecule has 1 N–H and O–H groups in total. The lowest BCUT2D eigenvalue weighted by molar-refractivity contribution is -0.384. The summed E-state index contributed by atoms with van der Waals surface area (Å²) >= 11 is 1.43. The van der Waals surface area contributed by atoms with Gasteiger partial charge in [0.05, 0.1) is 23.8 Å². The quantitative estimate of drug-likeness (QED) is 0.340. The molecule has 0 unspecified atom stereocenters. The number of unbranched alkanes of at least 4 members (excludes halogenated alkanes) is 1. The fourth-order valence-electron chi connectivity index (χ4n) is 1.42. The molecule has 21 heavy (non-hydrogen) atoms. The van der Waals surface area contributed by atoms with Crippen LogP contribution in [0.2, 0.25) is 0 Å². The Morgan fingerprint density at radius 2 is 2.19 bits per heavy atom. The van der Waals surface area contributed by atoms with Crippen LogP contribution in [0.25, 0.3) is 0 Å². The van der Waals surface area contributed by atoms with Gasteiger partial charge in [0, 0.05) is 11.3 Å². The van der Waals surface area contributed by atoms with Gasteiger partial charge in [-0.2, -0.15) is 0 Å². The standard InChI is InChI=1S/C13H20FN3O3S/c1-13(2,3)21-20-7-5-4-6-15-12-11(17(18)19)8-10(14)9-16-12/h8-9H,4-7H2,1-3H3,(H,15,16). The first-order valence-electron chi connectivity index (χ1n) is 6.64. The summed E-state index contributed by atoms with van der Waals surface area (Å²) in [5.74, 6) is -0.633. The van der Waals surface area contributed by atoms with E-state index in [-0.39, 0.29) is 16.3 Å². The van der Waals surface area contributed by atoms with Crippen LogP contribution in [0.3, 0.4) is 0 Å². The lowest BCUT2D eigenvalue weighted by Gasteiger charge is -2.16. The van der Waals surface area contributed by atoms with Gasteiger partial charge in [0.25, 0.3) is 0 Å². The van der Waals surface area contributed by atoms with Gasteiger partial charge >= 0.3 is 5.69 Å². The Labute approximate surface area is 127 Å². The molecule has 1 aromatic heterocycles. The molecule has 0 radical (unpaired) electrons. The number of aromatic nitrogens is 1. The van der Waals surface area contributed by atoms with Crippen molar-refractivity contribution < 1.29 is 13.5 Å². The van der Waals surface area contributed by atoms with Crippen molar-refractivity contribution in [3.63, 3.8) is 0 Å². The Kier molecular flexibility index (Phi) is 6.83. The first-order chi connectivity index (χ1) is 9.79. The molecule has 0 bridgehead atoms. The van der Waals surface area contributed by atoms with Gasteiger partial charge in [0.1, 0.15) is 5.82 Å². The average molecular weight is 317 g/mol. The van der Waals surface area contributed by atoms with E-state index in [1.54, 1.807) is 0 Å². The maximum Gasteiger partial charge on any atom is 0.314 e. The van der Waals surface area contributed by atoms with Crippen molar-refractivity contribution in [2.24, 2.45) is 0 Å². The number of nitro groups is 1. The Morgan fingerprint density at radius 3 is 2.81 bits per heavy atom. The average Bonchev–Trinajstić information content (AvgIpc) is 2.37. The van der Waals surface area contributed by atoms with Crippen molar-refractivity contribution in [1.82, 2.24) is 4.98 Å². The van der Waals surface area contributed by atoms with Gasteiger partial charge in [-0.1, -0.05) is 0 Å². The summed E-state index contributed by atoms with van der Waals surface area (Å²) in [4.78, 5) is 13.8. The van der Waals surface area contributed by atoms with Crippen molar-refractivity contribution in [2.75, 3.05) is 18.5 Å². The van der Waals surface area contributed by atoms with Crippen molar-refractivity contribution >= 4 is 23.5 Å². The maximum absolute atomic E-state index is 12.9. The normalized spacial score (nSPS) is 11.4. The molecule has 0 aliphatic heterocycles. The molecule has 0 saturated heterocycles. The molecule has 0 fully saturated rings. The summed E-state index contributed by atoms with van der Waals surface area (Å²) in [6.45, 7) is 7.33. The van der Waals surface area contributed by atoms with Crippen LogP contribution >= 0.6 is 12.0 Å². The Bertz CT molecular complexity index is 480. The SMILES string of the molecule is CC(C)(C)SOCCCCNc1ncc(F)cc1[N+](=O)[O-]. The molecule has 0 atom stereocenters. The minimum Gasteiger partial charge on any atom is -0.364 e. The van der Waals surface area contributed by atoms with Gasteiger partial charge in [0.2, 0.25) is 5.82 Å². The third kappa shape index (κ3) is 7.24. The summed E-state index contributed by atoms with van der Waals surface area (Å²) in [7, 11) is 0. The van der Waals surface area contributed by atoms with Crippen molar-refractivity contribution in [3.8, 4) is 0 Å². The van der Waals surface area contributed by atoms with Crippen LogP contribution in [-0.4, -0.2) is 27.8 Å². The van der Waals surface area contributed by atoms with Crippen molar-refractivity contribution in [3.05, 3.63) is 28.2 Å². The van der Waals surface area contributed by atoms with Crippen LogP contribution in [0.4, 0.5) is 15.9 Å². The van der Waals surface area contributed by atoms with Gasteiger partial charge in [-0.25, -0.2) is 9.37 Å². The number of rotatable bonds is 8. The molecule has 0 aliphatic carbocycles. The monoisotopic (exact) mass is 317 g/mol. The van der Waals surface area contributed by atoms with Gasteiger partial charge in [0.15, 0.2) is 0 Å². The van der Waals surface area contributed by atoms with E-state index >= 15 is 0 Å². The van der Waals surface area contributed by atoms with Crippen LogP contribution in [0.1, 0.15) is 33.6 Å². The molecule has 118 valence electrons. The molecule has 0 saturated carbocycles. The summed E-state index contributed by atoms with van der Waals surface area (Å²) < 4.78 is 18.4. The van der Waals surface area contributed by atoms with E-state index in [4.69, 9.17) is 4.18 Å². The Hall–Kier alpha value is -1.41. The zero-order valence-corrected chi connectivity index (χ0v) is 13.2. The van der Waals surface area contributed by atoms with Gasteiger partial charge in [-0.3, -0.25) is 10.1 Å². The summed E-state index contributed by atoms with van der Waals surface area (Å²) in [5.41, 5.74) is -0.352. The minimum atomic E-state index is -0.722. The molecule has 1 rings (SSSR count). The topological polar surface area (TPSA) is 77.3 Å². The molecule has 6 nitrogen and oxygen atoms in total. The number of halogens is 1. The molecular formula is C13H20FN3O3S. The van der Waals surface area contributed by atoms with Crippen LogP contribution in [0.15, 0.2) is 12.3 Å². The van der Waals surface area contributed by atoms with Crippen molar-refractivity contribution in [1.29, 1.82) is 0 Å². The fraction of sp³-hybridized carbons (Fsp3) is 0.615. The largest absolute Gasteiger partial charge is 0.364 e. The molecule has 0 amide bonds. The molecule has 1 aromatic rings. The minimum absolute atomic E-state index is 0.0664. The highest BCUT2D eigenvalue weighted by molar-refractivity contribution is 7.96. The van der Waals surface area contributed by atoms with E-state index in [1.807, 2.05) is 0 Å². The number of anilines is 1. The van der Waals surface area contributed by atoms with E-state index in [2.05, 4.69) is 31.1 Å². The molecule has 1 heterocycles. The predicted octanol–water partition coefficient (Wildman–Crippen LogP) is 3.78. The predicted molar refractivity (Wildman–Crippen MR) is 81.9 cm³/mol.